The zero-order valence-electron chi connectivity index (χ0n) is 9.97. The summed E-state index contributed by atoms with van der Waals surface area (Å²) in [6.07, 6.45) is 0. The minimum Gasteiger partial charge on any atom is -0.338 e. The molecule has 1 heterocycles. The molecule has 3 aromatic rings. The summed E-state index contributed by atoms with van der Waals surface area (Å²) in [5.74, 6) is -1.06. The minimum atomic E-state index is -0.629. The van der Waals surface area contributed by atoms with Crippen molar-refractivity contribution in [2.24, 2.45) is 0 Å². The Morgan fingerprint density at radius 3 is 2.53 bits per heavy atom. The number of H-pyrrole nitrogens is 1. The first-order valence-corrected chi connectivity index (χ1v) is 6.46. The van der Waals surface area contributed by atoms with E-state index in [2.05, 4.69) is 25.9 Å². The average Bonchev–Trinajstić information content (AvgIpc) is 2.72. The predicted molar refractivity (Wildman–Crippen MR) is 73.9 cm³/mol. The molecular formula is C14H9BrF2N2. The van der Waals surface area contributed by atoms with Crippen LogP contribution in [0.25, 0.3) is 22.4 Å². The third kappa shape index (κ3) is 2.04. The number of nitrogens with one attached hydrogen (secondary N) is 1. The van der Waals surface area contributed by atoms with Crippen molar-refractivity contribution < 1.29 is 8.78 Å². The van der Waals surface area contributed by atoms with Crippen LogP contribution in [0.5, 0.6) is 0 Å². The molecule has 96 valence electrons. The summed E-state index contributed by atoms with van der Waals surface area (Å²) >= 11 is 3.38. The minimum absolute atomic E-state index is 0.130. The van der Waals surface area contributed by atoms with Gasteiger partial charge in [-0.15, -0.1) is 0 Å². The van der Waals surface area contributed by atoms with E-state index in [1.54, 1.807) is 0 Å². The van der Waals surface area contributed by atoms with Crippen LogP contribution in [0.1, 0.15) is 5.56 Å². The fourth-order valence-corrected chi connectivity index (χ4v) is 2.66. The third-order valence-electron chi connectivity index (χ3n) is 2.94. The van der Waals surface area contributed by atoms with Crippen LogP contribution in [0, 0.1) is 18.6 Å². The van der Waals surface area contributed by atoms with Gasteiger partial charge in [0.25, 0.3) is 0 Å². The summed E-state index contributed by atoms with van der Waals surface area (Å²) in [6.45, 7) is 1.90. The molecule has 0 saturated heterocycles. The Kier molecular flexibility index (Phi) is 2.86. The molecule has 0 unspecified atom stereocenters. The monoisotopic (exact) mass is 322 g/mol. The number of hydrogen-bond donors (Lipinski definition) is 1. The summed E-state index contributed by atoms with van der Waals surface area (Å²) < 4.78 is 28.4. The maximum atomic E-state index is 13.7. The Morgan fingerprint density at radius 2 is 1.84 bits per heavy atom. The largest absolute Gasteiger partial charge is 0.338 e. The number of imidazole rings is 1. The van der Waals surface area contributed by atoms with Crippen LogP contribution in [-0.2, 0) is 0 Å². The number of benzene rings is 2. The second kappa shape index (κ2) is 4.42. The summed E-state index contributed by atoms with van der Waals surface area (Å²) in [5, 5.41) is 0. The first-order chi connectivity index (χ1) is 9.06. The van der Waals surface area contributed by atoms with E-state index in [0.717, 1.165) is 15.6 Å². The van der Waals surface area contributed by atoms with Crippen molar-refractivity contribution in [1.29, 1.82) is 0 Å². The van der Waals surface area contributed by atoms with Crippen molar-refractivity contribution in [3.8, 4) is 11.4 Å². The Bertz CT molecular complexity index is 760. The van der Waals surface area contributed by atoms with Crippen LogP contribution in [0.3, 0.4) is 0 Å². The van der Waals surface area contributed by atoms with Crippen molar-refractivity contribution in [3.63, 3.8) is 0 Å². The highest BCUT2D eigenvalue weighted by atomic mass is 79.9. The molecule has 5 heteroatoms. The number of aromatic amines is 1. The predicted octanol–water partition coefficient (Wildman–Crippen LogP) is 4.58. The molecule has 0 radical (unpaired) electrons. The Hall–Kier alpha value is -1.75. The quantitative estimate of drug-likeness (QED) is 0.698. The standard InChI is InChI=1S/C14H9BrF2N2/c1-7-5-8(15)6-11-13(7)19-14(18-11)12-9(16)3-2-4-10(12)17/h2-6H,1H3,(H,18,19). The Labute approximate surface area is 116 Å². The molecular weight excluding hydrogens is 314 g/mol. The van der Waals surface area contributed by atoms with E-state index in [1.165, 1.54) is 18.2 Å². The molecule has 1 aromatic heterocycles. The lowest BCUT2D eigenvalue weighted by atomic mass is 10.2. The van der Waals surface area contributed by atoms with Gasteiger partial charge in [0.05, 0.1) is 16.6 Å². The molecule has 0 atom stereocenters. The second-order valence-corrected chi connectivity index (χ2v) is 5.22. The van der Waals surface area contributed by atoms with Crippen LogP contribution in [0.15, 0.2) is 34.8 Å². The fraction of sp³-hybridized carbons (Fsp3) is 0.0714. The molecule has 3 rings (SSSR count). The average molecular weight is 323 g/mol. The van der Waals surface area contributed by atoms with Crippen LogP contribution >= 0.6 is 15.9 Å². The highest BCUT2D eigenvalue weighted by Gasteiger charge is 2.15. The topological polar surface area (TPSA) is 28.7 Å². The molecule has 0 aliphatic heterocycles. The fourth-order valence-electron chi connectivity index (χ4n) is 2.09. The van der Waals surface area contributed by atoms with Gasteiger partial charge in [-0.05, 0) is 36.8 Å². The lowest BCUT2D eigenvalue weighted by Crippen LogP contribution is -1.91. The van der Waals surface area contributed by atoms with E-state index in [-0.39, 0.29) is 11.4 Å². The number of nitrogens with zero attached hydrogens (tertiary/aromatic N) is 1. The molecule has 0 saturated carbocycles. The highest BCUT2D eigenvalue weighted by molar-refractivity contribution is 9.10. The van der Waals surface area contributed by atoms with Gasteiger partial charge in [0.1, 0.15) is 17.5 Å². The van der Waals surface area contributed by atoms with E-state index in [9.17, 15) is 8.78 Å². The van der Waals surface area contributed by atoms with Gasteiger partial charge in [-0.2, -0.15) is 0 Å². The summed E-state index contributed by atoms with van der Waals surface area (Å²) in [7, 11) is 0. The maximum absolute atomic E-state index is 13.7. The van der Waals surface area contributed by atoms with Crippen molar-refractivity contribution in [1.82, 2.24) is 9.97 Å². The van der Waals surface area contributed by atoms with Crippen molar-refractivity contribution in [3.05, 3.63) is 52.0 Å². The van der Waals surface area contributed by atoms with Gasteiger partial charge in [-0.3, -0.25) is 0 Å². The summed E-state index contributed by atoms with van der Waals surface area (Å²) in [4.78, 5) is 7.24. The highest BCUT2D eigenvalue weighted by Crippen LogP contribution is 2.28. The van der Waals surface area contributed by atoms with Crippen LogP contribution in [0.2, 0.25) is 0 Å². The first kappa shape index (κ1) is 12.3. The van der Waals surface area contributed by atoms with Gasteiger partial charge in [0.15, 0.2) is 0 Å². The smallest absolute Gasteiger partial charge is 0.144 e. The lowest BCUT2D eigenvalue weighted by Gasteiger charge is -2.00. The summed E-state index contributed by atoms with van der Waals surface area (Å²) in [5.41, 5.74) is 2.25. The molecule has 2 aromatic carbocycles. The van der Waals surface area contributed by atoms with Crippen LogP contribution in [-0.4, -0.2) is 9.97 Å². The molecule has 2 nitrogen and oxygen atoms in total. The van der Waals surface area contributed by atoms with Gasteiger partial charge < -0.3 is 4.98 Å². The number of aryl methyl sites for hydroxylation is 1. The van der Waals surface area contributed by atoms with Crippen molar-refractivity contribution in [2.75, 3.05) is 0 Å². The van der Waals surface area contributed by atoms with Gasteiger partial charge in [0, 0.05) is 4.47 Å². The number of hydrogen-bond acceptors (Lipinski definition) is 1. The van der Waals surface area contributed by atoms with E-state index in [1.807, 2.05) is 19.1 Å². The lowest BCUT2D eigenvalue weighted by molar-refractivity contribution is 0.588. The molecule has 19 heavy (non-hydrogen) atoms. The van der Waals surface area contributed by atoms with Gasteiger partial charge in [-0.25, -0.2) is 13.8 Å². The maximum Gasteiger partial charge on any atom is 0.144 e. The van der Waals surface area contributed by atoms with Crippen molar-refractivity contribution >= 4 is 27.0 Å². The molecule has 1 N–H and O–H groups in total. The second-order valence-electron chi connectivity index (χ2n) is 4.30. The Balaban J connectivity index is 2.30. The van der Waals surface area contributed by atoms with Crippen LogP contribution < -0.4 is 0 Å². The molecule has 0 bridgehead atoms. The normalized spacial score (nSPS) is 11.2. The van der Waals surface area contributed by atoms with E-state index in [0.29, 0.717) is 5.52 Å². The SMILES string of the molecule is Cc1cc(Br)cc2[nH]c(-c3c(F)cccc3F)nc12. The van der Waals surface area contributed by atoms with Crippen molar-refractivity contribution in [2.45, 2.75) is 6.92 Å². The van der Waals surface area contributed by atoms with E-state index >= 15 is 0 Å². The molecule has 0 aliphatic carbocycles. The van der Waals surface area contributed by atoms with E-state index < -0.39 is 11.6 Å². The zero-order valence-corrected chi connectivity index (χ0v) is 11.6. The van der Waals surface area contributed by atoms with Gasteiger partial charge in [-0.1, -0.05) is 22.0 Å². The van der Waals surface area contributed by atoms with E-state index in [4.69, 9.17) is 0 Å². The number of rotatable bonds is 1. The molecule has 0 spiro atoms. The molecule has 0 aliphatic rings. The Morgan fingerprint density at radius 1 is 1.16 bits per heavy atom. The summed E-state index contributed by atoms with van der Waals surface area (Å²) in [6, 6.07) is 7.50. The van der Waals surface area contributed by atoms with Crippen LogP contribution in [0.4, 0.5) is 8.78 Å². The van der Waals surface area contributed by atoms with Gasteiger partial charge in [0.2, 0.25) is 0 Å². The first-order valence-electron chi connectivity index (χ1n) is 5.66. The molecule has 0 fully saturated rings. The third-order valence-corrected chi connectivity index (χ3v) is 3.40. The number of fused-ring (bicyclic) bond motifs is 1. The molecule has 0 amide bonds. The number of aromatic nitrogens is 2. The zero-order chi connectivity index (χ0) is 13.6. The number of halogens is 3. The van der Waals surface area contributed by atoms with Gasteiger partial charge >= 0.3 is 0 Å².